The van der Waals surface area contributed by atoms with Crippen molar-refractivity contribution in [2.75, 3.05) is 22.9 Å². The quantitative estimate of drug-likeness (QED) is 0.701. The second kappa shape index (κ2) is 7.44. The normalized spacial score (nSPS) is 17.7. The van der Waals surface area contributed by atoms with Gasteiger partial charge >= 0.3 is 0 Å². The van der Waals surface area contributed by atoms with E-state index >= 15 is 0 Å². The van der Waals surface area contributed by atoms with Crippen LogP contribution in [0.25, 0.3) is 5.57 Å². The highest BCUT2D eigenvalue weighted by Gasteiger charge is 2.39. The Hall–Kier alpha value is -2.59. The molecule has 1 saturated heterocycles. The van der Waals surface area contributed by atoms with Gasteiger partial charge in [0, 0.05) is 18.8 Å². The number of nitrogens with zero attached hydrogens (tertiary/aromatic N) is 2. The average molecular weight is 395 g/mol. The van der Waals surface area contributed by atoms with Gasteiger partial charge in [-0.1, -0.05) is 35.4 Å². The van der Waals surface area contributed by atoms with Crippen LogP contribution in [-0.2, 0) is 9.59 Å². The molecule has 2 heterocycles. The molecule has 4 rings (SSSR count). The molecule has 0 spiro atoms. The van der Waals surface area contributed by atoms with Crippen molar-refractivity contribution in [2.45, 2.75) is 33.1 Å². The van der Waals surface area contributed by atoms with Crippen LogP contribution >= 0.6 is 11.6 Å². The van der Waals surface area contributed by atoms with Gasteiger partial charge in [-0.25, -0.2) is 4.90 Å². The molecule has 0 radical (unpaired) electrons. The largest absolute Gasteiger partial charge is 0.372 e. The topological polar surface area (TPSA) is 40.6 Å². The zero-order chi connectivity index (χ0) is 19.8. The van der Waals surface area contributed by atoms with Gasteiger partial charge in [0.05, 0.1) is 11.3 Å². The molecule has 4 nitrogen and oxygen atoms in total. The molecule has 2 amide bonds. The van der Waals surface area contributed by atoms with Crippen LogP contribution in [0, 0.1) is 13.8 Å². The number of piperidine rings is 1. The summed E-state index contributed by atoms with van der Waals surface area (Å²) in [4.78, 5) is 29.4. The minimum absolute atomic E-state index is 0.0166. The fourth-order valence-corrected chi connectivity index (χ4v) is 4.30. The Morgan fingerprint density at radius 3 is 2.11 bits per heavy atom. The SMILES string of the molecule is Cc1ccc(C2=C(Cl)C(=O)N(c3ccc(N4CCCCC4)cc3)C2=O)c(C)c1. The van der Waals surface area contributed by atoms with Gasteiger partial charge in [0.25, 0.3) is 11.8 Å². The number of carbonyl (C=O) groups excluding carboxylic acids is 2. The van der Waals surface area contributed by atoms with Crippen LogP contribution in [0.2, 0.25) is 0 Å². The summed E-state index contributed by atoms with van der Waals surface area (Å²) in [5.74, 6) is -0.833. The molecule has 2 aliphatic rings. The maximum Gasteiger partial charge on any atom is 0.277 e. The van der Waals surface area contributed by atoms with E-state index in [1.165, 1.54) is 24.2 Å². The summed E-state index contributed by atoms with van der Waals surface area (Å²) in [6, 6.07) is 13.4. The number of hydrogen-bond acceptors (Lipinski definition) is 3. The van der Waals surface area contributed by atoms with Crippen molar-refractivity contribution in [3.05, 3.63) is 64.2 Å². The molecule has 0 atom stereocenters. The Balaban J connectivity index is 1.63. The van der Waals surface area contributed by atoms with Crippen LogP contribution in [-0.4, -0.2) is 24.9 Å². The van der Waals surface area contributed by atoms with Gasteiger partial charge in [-0.15, -0.1) is 0 Å². The zero-order valence-electron chi connectivity index (χ0n) is 16.2. The van der Waals surface area contributed by atoms with Crippen molar-refractivity contribution in [3.8, 4) is 0 Å². The second-order valence-corrected chi connectivity index (χ2v) is 7.90. The molecule has 28 heavy (non-hydrogen) atoms. The molecule has 0 aromatic heterocycles. The predicted octanol–water partition coefficient (Wildman–Crippen LogP) is 4.82. The van der Waals surface area contributed by atoms with Crippen LogP contribution in [0.3, 0.4) is 0 Å². The number of amides is 2. The zero-order valence-corrected chi connectivity index (χ0v) is 16.9. The number of carbonyl (C=O) groups is 2. The van der Waals surface area contributed by atoms with E-state index < -0.39 is 5.91 Å². The smallest absolute Gasteiger partial charge is 0.277 e. The number of halogens is 1. The Labute approximate surface area is 170 Å². The predicted molar refractivity (Wildman–Crippen MR) is 114 cm³/mol. The number of rotatable bonds is 3. The Morgan fingerprint density at radius 1 is 0.821 bits per heavy atom. The molecule has 2 aromatic carbocycles. The lowest BCUT2D eigenvalue weighted by Crippen LogP contribution is -2.31. The van der Waals surface area contributed by atoms with E-state index in [-0.39, 0.29) is 16.5 Å². The fourth-order valence-electron chi connectivity index (χ4n) is 4.03. The summed E-state index contributed by atoms with van der Waals surface area (Å²) in [6.45, 7) is 6.01. The first-order chi connectivity index (χ1) is 13.5. The van der Waals surface area contributed by atoms with Gasteiger partial charge in [-0.3, -0.25) is 9.59 Å². The Morgan fingerprint density at radius 2 is 1.46 bits per heavy atom. The third kappa shape index (κ3) is 3.22. The average Bonchev–Trinajstić information content (AvgIpc) is 2.92. The van der Waals surface area contributed by atoms with Crippen LogP contribution < -0.4 is 9.80 Å². The molecule has 1 fully saturated rings. The van der Waals surface area contributed by atoms with Crippen LogP contribution in [0.1, 0.15) is 36.0 Å². The first-order valence-electron chi connectivity index (χ1n) is 9.68. The van der Waals surface area contributed by atoms with Crippen LogP contribution in [0.4, 0.5) is 11.4 Å². The molecule has 0 bridgehead atoms. The van der Waals surface area contributed by atoms with E-state index in [4.69, 9.17) is 11.6 Å². The molecular formula is C23H23ClN2O2. The van der Waals surface area contributed by atoms with Gasteiger partial charge in [-0.05, 0) is 68.5 Å². The lowest BCUT2D eigenvalue weighted by atomic mass is 9.99. The summed E-state index contributed by atoms with van der Waals surface area (Å²) in [5.41, 5.74) is 4.69. The summed E-state index contributed by atoms with van der Waals surface area (Å²) in [6.07, 6.45) is 3.67. The fraction of sp³-hybridized carbons (Fsp3) is 0.304. The molecule has 2 aromatic rings. The molecule has 0 aliphatic carbocycles. The summed E-state index contributed by atoms with van der Waals surface area (Å²) in [5, 5.41) is -0.0166. The minimum atomic E-state index is -0.465. The minimum Gasteiger partial charge on any atom is -0.372 e. The maximum atomic E-state index is 13.1. The lowest BCUT2D eigenvalue weighted by Gasteiger charge is -2.29. The highest BCUT2D eigenvalue weighted by Crippen LogP contribution is 2.36. The van der Waals surface area contributed by atoms with Crippen molar-refractivity contribution in [2.24, 2.45) is 0 Å². The highest BCUT2D eigenvalue weighted by atomic mass is 35.5. The highest BCUT2D eigenvalue weighted by molar-refractivity contribution is 6.60. The number of imide groups is 1. The van der Waals surface area contributed by atoms with E-state index in [1.807, 2.05) is 56.3 Å². The van der Waals surface area contributed by atoms with Gasteiger partial charge in [-0.2, -0.15) is 0 Å². The van der Waals surface area contributed by atoms with E-state index in [1.54, 1.807) is 0 Å². The van der Waals surface area contributed by atoms with Crippen LogP contribution in [0.15, 0.2) is 47.5 Å². The van der Waals surface area contributed by atoms with Gasteiger partial charge in [0.1, 0.15) is 5.03 Å². The standard InChI is InChI=1S/C23H23ClN2O2/c1-15-6-11-19(16(2)14-15)20-21(24)23(28)26(22(20)27)18-9-7-17(8-10-18)25-12-4-3-5-13-25/h6-11,14H,3-5,12-13H2,1-2H3. The van der Waals surface area contributed by atoms with E-state index in [2.05, 4.69) is 4.90 Å². The van der Waals surface area contributed by atoms with Crippen molar-refractivity contribution < 1.29 is 9.59 Å². The molecule has 0 saturated carbocycles. The summed E-state index contributed by atoms with van der Waals surface area (Å²) >= 11 is 6.33. The van der Waals surface area contributed by atoms with Gasteiger partial charge < -0.3 is 4.90 Å². The van der Waals surface area contributed by atoms with Crippen LogP contribution in [0.5, 0.6) is 0 Å². The number of benzene rings is 2. The third-order valence-electron chi connectivity index (χ3n) is 5.51. The lowest BCUT2D eigenvalue weighted by molar-refractivity contribution is -0.119. The molecular weight excluding hydrogens is 372 g/mol. The van der Waals surface area contributed by atoms with Crippen molar-refractivity contribution in [1.29, 1.82) is 0 Å². The summed E-state index contributed by atoms with van der Waals surface area (Å²) in [7, 11) is 0. The molecule has 0 unspecified atom stereocenters. The van der Waals surface area contributed by atoms with Crippen molar-refractivity contribution >= 4 is 40.4 Å². The Bertz CT molecular complexity index is 973. The first kappa shape index (κ1) is 18.8. The number of hydrogen-bond donors (Lipinski definition) is 0. The third-order valence-corrected chi connectivity index (χ3v) is 5.86. The molecule has 144 valence electrons. The maximum absolute atomic E-state index is 13.1. The van der Waals surface area contributed by atoms with Crippen molar-refractivity contribution in [1.82, 2.24) is 0 Å². The van der Waals surface area contributed by atoms with E-state index in [9.17, 15) is 9.59 Å². The molecule has 0 N–H and O–H groups in total. The van der Waals surface area contributed by atoms with E-state index in [0.717, 1.165) is 29.9 Å². The first-order valence-corrected chi connectivity index (χ1v) is 10.1. The second-order valence-electron chi connectivity index (χ2n) is 7.52. The summed E-state index contributed by atoms with van der Waals surface area (Å²) < 4.78 is 0. The van der Waals surface area contributed by atoms with Crippen molar-refractivity contribution in [3.63, 3.8) is 0 Å². The van der Waals surface area contributed by atoms with Gasteiger partial charge in [0.2, 0.25) is 0 Å². The van der Waals surface area contributed by atoms with Gasteiger partial charge in [0.15, 0.2) is 0 Å². The van der Waals surface area contributed by atoms with E-state index in [0.29, 0.717) is 11.3 Å². The number of anilines is 2. The number of aryl methyl sites for hydroxylation is 2. The monoisotopic (exact) mass is 394 g/mol. The Kier molecular flexibility index (Phi) is 4.98. The molecule has 5 heteroatoms. The molecule has 2 aliphatic heterocycles.